The fraction of sp³-hybridized carbons (Fsp3) is 0.917. The molecule has 5 heteroatoms. The molecular weight excluding hydrogens is 252 g/mol. The molecule has 3 nitrogen and oxygen atoms in total. The first-order valence-corrected chi connectivity index (χ1v) is 8.68. The van der Waals surface area contributed by atoms with Crippen molar-refractivity contribution < 1.29 is 4.79 Å². The molecule has 1 amide bonds. The molecule has 1 heterocycles. The summed E-state index contributed by atoms with van der Waals surface area (Å²) in [5, 5.41) is 7.64. The van der Waals surface area contributed by atoms with Crippen molar-refractivity contribution in [2.24, 2.45) is 0 Å². The van der Waals surface area contributed by atoms with Gasteiger partial charge in [0.15, 0.2) is 0 Å². The average Bonchev–Trinajstić information content (AvgIpc) is 2.37. The third-order valence-electron chi connectivity index (χ3n) is 3.01. The normalized spacial score (nSPS) is 18.9. The number of carbonyl (C=O) groups is 1. The standard InChI is InChI=1S/C12H24N2OS2/c1-10(16-2)3-8-14-12(15)9-17-11-4-6-13-7-5-11/h10-11,13H,3-9H2,1-2H3,(H,14,15). The summed E-state index contributed by atoms with van der Waals surface area (Å²) in [7, 11) is 0. The van der Waals surface area contributed by atoms with Gasteiger partial charge in [0.2, 0.25) is 5.91 Å². The molecule has 0 saturated carbocycles. The molecule has 100 valence electrons. The number of thioether (sulfide) groups is 2. The van der Waals surface area contributed by atoms with E-state index in [0.29, 0.717) is 16.3 Å². The van der Waals surface area contributed by atoms with E-state index < -0.39 is 0 Å². The number of hydrogen-bond donors (Lipinski definition) is 2. The zero-order valence-corrected chi connectivity index (χ0v) is 12.5. The Labute approximate surface area is 113 Å². The quantitative estimate of drug-likeness (QED) is 0.743. The number of carbonyl (C=O) groups excluding carboxylic acids is 1. The Balaban J connectivity index is 2.00. The molecule has 0 aromatic heterocycles. The Bertz CT molecular complexity index is 221. The van der Waals surface area contributed by atoms with Gasteiger partial charge in [0.1, 0.15) is 0 Å². The van der Waals surface area contributed by atoms with Crippen LogP contribution in [0.3, 0.4) is 0 Å². The van der Waals surface area contributed by atoms with Crippen LogP contribution in [0.1, 0.15) is 26.2 Å². The number of rotatable bonds is 7. The van der Waals surface area contributed by atoms with E-state index >= 15 is 0 Å². The Morgan fingerprint density at radius 3 is 2.82 bits per heavy atom. The smallest absolute Gasteiger partial charge is 0.230 e. The van der Waals surface area contributed by atoms with E-state index in [1.807, 2.05) is 23.5 Å². The van der Waals surface area contributed by atoms with Gasteiger partial charge in [-0.25, -0.2) is 0 Å². The van der Waals surface area contributed by atoms with Crippen LogP contribution >= 0.6 is 23.5 Å². The van der Waals surface area contributed by atoms with Crippen molar-refractivity contribution in [3.8, 4) is 0 Å². The van der Waals surface area contributed by atoms with Crippen molar-refractivity contribution in [1.82, 2.24) is 10.6 Å². The molecular formula is C12H24N2OS2. The van der Waals surface area contributed by atoms with E-state index in [0.717, 1.165) is 26.1 Å². The fourth-order valence-electron chi connectivity index (χ4n) is 1.74. The SMILES string of the molecule is CSC(C)CCNC(=O)CSC1CCNCC1. The van der Waals surface area contributed by atoms with Gasteiger partial charge < -0.3 is 10.6 Å². The van der Waals surface area contributed by atoms with Crippen molar-refractivity contribution in [3.05, 3.63) is 0 Å². The summed E-state index contributed by atoms with van der Waals surface area (Å²) in [6.07, 6.45) is 5.56. The molecule has 17 heavy (non-hydrogen) atoms. The molecule has 2 N–H and O–H groups in total. The highest BCUT2D eigenvalue weighted by Gasteiger charge is 2.14. The molecule has 1 atom stereocenters. The summed E-state index contributed by atoms with van der Waals surface area (Å²) in [6, 6.07) is 0. The Hall–Kier alpha value is 0.130. The summed E-state index contributed by atoms with van der Waals surface area (Å²) >= 11 is 3.66. The van der Waals surface area contributed by atoms with Crippen molar-refractivity contribution >= 4 is 29.4 Å². The van der Waals surface area contributed by atoms with Crippen molar-refractivity contribution in [3.63, 3.8) is 0 Å². The number of piperidine rings is 1. The van der Waals surface area contributed by atoms with Gasteiger partial charge in [0.25, 0.3) is 0 Å². The molecule has 1 aliphatic heterocycles. The molecule has 0 bridgehead atoms. The van der Waals surface area contributed by atoms with Crippen LogP contribution in [0.5, 0.6) is 0 Å². The third-order valence-corrected chi connectivity index (χ3v) is 5.42. The molecule has 1 rings (SSSR count). The van der Waals surface area contributed by atoms with Gasteiger partial charge >= 0.3 is 0 Å². The first-order valence-electron chi connectivity index (χ1n) is 6.34. The molecule has 1 unspecified atom stereocenters. The van der Waals surface area contributed by atoms with E-state index in [-0.39, 0.29) is 5.91 Å². The van der Waals surface area contributed by atoms with E-state index in [2.05, 4.69) is 23.8 Å². The molecule has 1 fully saturated rings. The van der Waals surface area contributed by atoms with Crippen molar-refractivity contribution in [2.75, 3.05) is 31.6 Å². The third kappa shape index (κ3) is 7.21. The lowest BCUT2D eigenvalue weighted by molar-refractivity contribution is -0.118. The molecule has 0 radical (unpaired) electrons. The van der Waals surface area contributed by atoms with Crippen LogP contribution in [0, 0.1) is 0 Å². The summed E-state index contributed by atoms with van der Waals surface area (Å²) in [5.74, 6) is 0.819. The van der Waals surface area contributed by atoms with Crippen LogP contribution in [0.2, 0.25) is 0 Å². The summed E-state index contributed by atoms with van der Waals surface area (Å²) in [4.78, 5) is 11.6. The Morgan fingerprint density at radius 2 is 2.18 bits per heavy atom. The fourth-order valence-corrected chi connectivity index (χ4v) is 3.15. The minimum atomic E-state index is 0.196. The first kappa shape index (κ1) is 15.2. The van der Waals surface area contributed by atoms with Crippen LogP contribution < -0.4 is 10.6 Å². The summed E-state index contributed by atoms with van der Waals surface area (Å²) < 4.78 is 0. The molecule has 0 spiro atoms. The maximum absolute atomic E-state index is 11.6. The monoisotopic (exact) mass is 276 g/mol. The highest BCUT2D eigenvalue weighted by atomic mass is 32.2. The van der Waals surface area contributed by atoms with Gasteiger partial charge in [-0.2, -0.15) is 11.8 Å². The van der Waals surface area contributed by atoms with Crippen LogP contribution in [-0.4, -0.2) is 48.0 Å². The van der Waals surface area contributed by atoms with Crippen molar-refractivity contribution in [1.29, 1.82) is 0 Å². The second-order valence-corrected chi connectivity index (χ2v) is 7.01. The van der Waals surface area contributed by atoms with E-state index in [9.17, 15) is 4.79 Å². The number of hydrogen-bond acceptors (Lipinski definition) is 4. The highest BCUT2D eigenvalue weighted by Crippen LogP contribution is 2.19. The van der Waals surface area contributed by atoms with Gasteiger partial charge in [-0.3, -0.25) is 4.79 Å². The summed E-state index contributed by atoms with van der Waals surface area (Å²) in [5.41, 5.74) is 0. The van der Waals surface area contributed by atoms with E-state index in [1.54, 1.807) is 0 Å². The minimum Gasteiger partial charge on any atom is -0.355 e. The molecule has 0 aromatic carbocycles. The zero-order chi connectivity index (χ0) is 12.5. The lowest BCUT2D eigenvalue weighted by atomic mass is 10.2. The van der Waals surface area contributed by atoms with Gasteiger partial charge in [0.05, 0.1) is 5.75 Å². The van der Waals surface area contributed by atoms with E-state index in [4.69, 9.17) is 0 Å². The second kappa shape index (κ2) is 9.11. The zero-order valence-electron chi connectivity index (χ0n) is 10.8. The lowest BCUT2D eigenvalue weighted by Crippen LogP contribution is -2.32. The van der Waals surface area contributed by atoms with Crippen LogP contribution in [-0.2, 0) is 4.79 Å². The van der Waals surface area contributed by atoms with E-state index in [1.165, 1.54) is 12.8 Å². The topological polar surface area (TPSA) is 41.1 Å². The van der Waals surface area contributed by atoms with Crippen molar-refractivity contribution in [2.45, 2.75) is 36.7 Å². The largest absolute Gasteiger partial charge is 0.355 e. The Kier molecular flexibility index (Phi) is 8.14. The number of amides is 1. The number of nitrogens with one attached hydrogen (secondary N) is 2. The van der Waals surface area contributed by atoms with Gasteiger partial charge in [-0.1, -0.05) is 6.92 Å². The molecule has 1 saturated heterocycles. The maximum atomic E-state index is 11.6. The first-order chi connectivity index (χ1) is 8.22. The van der Waals surface area contributed by atoms with Crippen LogP contribution in [0.15, 0.2) is 0 Å². The maximum Gasteiger partial charge on any atom is 0.230 e. The second-order valence-electron chi connectivity index (χ2n) is 4.45. The lowest BCUT2D eigenvalue weighted by Gasteiger charge is -2.21. The summed E-state index contributed by atoms with van der Waals surface area (Å²) in [6.45, 7) is 5.21. The minimum absolute atomic E-state index is 0.196. The Morgan fingerprint density at radius 1 is 1.47 bits per heavy atom. The molecule has 0 aromatic rings. The van der Waals surface area contributed by atoms with Gasteiger partial charge in [-0.05, 0) is 38.6 Å². The highest BCUT2D eigenvalue weighted by molar-refractivity contribution is 8.00. The van der Waals surface area contributed by atoms with Crippen LogP contribution in [0.25, 0.3) is 0 Å². The van der Waals surface area contributed by atoms with Gasteiger partial charge in [0, 0.05) is 17.0 Å². The molecule has 0 aliphatic carbocycles. The average molecular weight is 276 g/mol. The van der Waals surface area contributed by atoms with Gasteiger partial charge in [-0.15, -0.1) is 11.8 Å². The predicted molar refractivity (Wildman–Crippen MR) is 79.0 cm³/mol. The van der Waals surface area contributed by atoms with Crippen LogP contribution in [0.4, 0.5) is 0 Å². The molecule has 1 aliphatic rings. The predicted octanol–water partition coefficient (Wildman–Crippen LogP) is 1.73.